The van der Waals surface area contributed by atoms with Crippen LogP contribution in [0.4, 0.5) is 0 Å². The molecule has 0 spiro atoms. The Hall–Kier alpha value is -1.75. The highest BCUT2D eigenvalue weighted by Crippen LogP contribution is 2.26. The molecule has 0 atom stereocenters. The Balaban J connectivity index is 2.92. The van der Waals surface area contributed by atoms with Crippen molar-refractivity contribution < 1.29 is 24.5 Å². The van der Waals surface area contributed by atoms with Gasteiger partial charge in [0.2, 0.25) is 0 Å². The highest BCUT2D eigenvalue weighted by atomic mass is 16.5. The molecule has 2 N–H and O–H groups in total. The van der Waals surface area contributed by atoms with Crippen LogP contribution in [0.1, 0.15) is 37.6 Å². The lowest BCUT2D eigenvalue weighted by Gasteiger charge is -2.19. The van der Waals surface area contributed by atoms with Gasteiger partial charge in [0, 0.05) is 6.07 Å². The van der Waals surface area contributed by atoms with Crippen molar-refractivity contribution in [2.75, 3.05) is 13.2 Å². The molecule has 1 aromatic rings. The van der Waals surface area contributed by atoms with E-state index < -0.39 is 11.6 Å². The molecule has 106 valence electrons. The van der Waals surface area contributed by atoms with Crippen LogP contribution >= 0.6 is 0 Å². The number of carboxylic acids is 1. The average molecular weight is 268 g/mol. The molecule has 0 saturated heterocycles. The van der Waals surface area contributed by atoms with E-state index in [0.29, 0.717) is 12.4 Å². The minimum atomic E-state index is -1.08. The maximum absolute atomic E-state index is 11.1. The molecule has 1 rings (SSSR count). The fraction of sp³-hybridized carbons (Fsp3) is 0.500. The summed E-state index contributed by atoms with van der Waals surface area (Å²) in [6.45, 7) is 5.72. The number of benzene rings is 1. The van der Waals surface area contributed by atoms with E-state index in [9.17, 15) is 9.90 Å². The van der Waals surface area contributed by atoms with E-state index >= 15 is 0 Å². The number of hydrogen-bond donors (Lipinski definition) is 2. The molecule has 0 aliphatic rings. The third-order valence-electron chi connectivity index (χ3n) is 2.24. The molecular formula is C14H20O5. The van der Waals surface area contributed by atoms with E-state index in [1.807, 2.05) is 6.92 Å². The Morgan fingerprint density at radius 2 is 2.00 bits per heavy atom. The van der Waals surface area contributed by atoms with Gasteiger partial charge in [-0.05, 0) is 32.4 Å². The molecular weight excluding hydrogens is 248 g/mol. The highest BCUT2D eigenvalue weighted by Gasteiger charge is 2.17. The maximum atomic E-state index is 11.1. The first kappa shape index (κ1) is 15.3. The van der Waals surface area contributed by atoms with Crippen molar-refractivity contribution in [1.82, 2.24) is 0 Å². The van der Waals surface area contributed by atoms with E-state index in [1.54, 1.807) is 19.9 Å². The molecule has 5 heteroatoms. The predicted octanol–water partition coefficient (Wildman–Crippen LogP) is 2.32. The average Bonchev–Trinajstić information content (AvgIpc) is 2.32. The number of carbonyl (C=O) groups is 1. The topological polar surface area (TPSA) is 76.0 Å². The normalized spacial score (nSPS) is 11.2. The van der Waals surface area contributed by atoms with Gasteiger partial charge in [0.05, 0.1) is 12.2 Å². The Kier molecular flexibility index (Phi) is 5.18. The second kappa shape index (κ2) is 6.43. The summed E-state index contributed by atoms with van der Waals surface area (Å²) in [6.07, 6.45) is 0.862. The Morgan fingerprint density at radius 1 is 1.32 bits per heavy atom. The first-order valence-corrected chi connectivity index (χ1v) is 6.19. The third kappa shape index (κ3) is 5.18. The summed E-state index contributed by atoms with van der Waals surface area (Å²) in [4.78, 5) is 11.1. The number of rotatable bonds is 7. The van der Waals surface area contributed by atoms with E-state index in [0.717, 1.165) is 6.42 Å². The van der Waals surface area contributed by atoms with Crippen molar-refractivity contribution in [3.63, 3.8) is 0 Å². The summed E-state index contributed by atoms with van der Waals surface area (Å²) in [5, 5.41) is 18.7. The monoisotopic (exact) mass is 268 g/mol. The largest absolute Gasteiger partial charge is 0.493 e. The summed E-state index contributed by atoms with van der Waals surface area (Å²) in [5.41, 5.74) is -0.983. The molecule has 5 nitrogen and oxygen atoms in total. The van der Waals surface area contributed by atoms with E-state index in [1.165, 1.54) is 12.1 Å². The van der Waals surface area contributed by atoms with Crippen LogP contribution in [0.3, 0.4) is 0 Å². The Morgan fingerprint density at radius 3 is 2.53 bits per heavy atom. The van der Waals surface area contributed by atoms with Gasteiger partial charge in [-0.2, -0.15) is 0 Å². The van der Waals surface area contributed by atoms with Gasteiger partial charge in [-0.25, -0.2) is 4.79 Å². The first-order chi connectivity index (χ1) is 8.83. The summed E-state index contributed by atoms with van der Waals surface area (Å²) in [7, 11) is 0. The molecule has 0 amide bonds. The lowest BCUT2D eigenvalue weighted by molar-refractivity contribution is 0.0274. The first-order valence-electron chi connectivity index (χ1n) is 6.19. The van der Waals surface area contributed by atoms with Gasteiger partial charge < -0.3 is 19.7 Å². The molecule has 0 fully saturated rings. The van der Waals surface area contributed by atoms with Crippen LogP contribution in [0.5, 0.6) is 11.5 Å². The van der Waals surface area contributed by atoms with Gasteiger partial charge in [0.25, 0.3) is 0 Å². The second-order valence-corrected chi connectivity index (χ2v) is 4.91. The Labute approximate surface area is 112 Å². The molecule has 0 unspecified atom stereocenters. The zero-order chi connectivity index (χ0) is 14.5. The van der Waals surface area contributed by atoms with Crippen molar-refractivity contribution in [3.05, 3.63) is 23.8 Å². The van der Waals surface area contributed by atoms with Crippen molar-refractivity contribution >= 4 is 5.97 Å². The maximum Gasteiger partial charge on any atom is 0.339 e. The molecule has 1 aromatic carbocycles. The summed E-state index contributed by atoms with van der Waals surface area (Å²) < 4.78 is 10.8. The second-order valence-electron chi connectivity index (χ2n) is 4.91. The van der Waals surface area contributed by atoms with Gasteiger partial charge in [0.1, 0.15) is 23.7 Å². The van der Waals surface area contributed by atoms with Crippen molar-refractivity contribution in [1.29, 1.82) is 0 Å². The van der Waals surface area contributed by atoms with Gasteiger partial charge in [-0.1, -0.05) is 6.92 Å². The van der Waals surface area contributed by atoms with Gasteiger partial charge in [0.15, 0.2) is 0 Å². The van der Waals surface area contributed by atoms with Gasteiger partial charge in [-0.15, -0.1) is 0 Å². The molecule has 0 aliphatic carbocycles. The highest BCUT2D eigenvalue weighted by molar-refractivity contribution is 5.91. The quantitative estimate of drug-likeness (QED) is 0.793. The lowest BCUT2D eigenvalue weighted by Crippen LogP contribution is -2.28. The molecule has 0 aromatic heterocycles. The van der Waals surface area contributed by atoms with Crippen molar-refractivity contribution in [3.8, 4) is 11.5 Å². The zero-order valence-electron chi connectivity index (χ0n) is 11.5. The van der Waals surface area contributed by atoms with Crippen LogP contribution in [-0.4, -0.2) is 35.0 Å². The van der Waals surface area contributed by atoms with Crippen LogP contribution in [-0.2, 0) is 0 Å². The van der Waals surface area contributed by atoms with E-state index in [4.69, 9.17) is 14.6 Å². The van der Waals surface area contributed by atoms with Crippen LogP contribution < -0.4 is 9.47 Å². The van der Waals surface area contributed by atoms with Crippen LogP contribution in [0.15, 0.2) is 18.2 Å². The Bertz CT molecular complexity index is 434. The van der Waals surface area contributed by atoms with Crippen LogP contribution in [0.25, 0.3) is 0 Å². The predicted molar refractivity (Wildman–Crippen MR) is 71.0 cm³/mol. The number of aromatic carboxylic acids is 1. The number of aliphatic hydroxyl groups is 1. The summed E-state index contributed by atoms with van der Waals surface area (Å²) >= 11 is 0. The number of hydrogen-bond acceptors (Lipinski definition) is 4. The number of ether oxygens (including phenoxy) is 2. The number of carboxylic acid groups (broad SMARTS) is 1. The lowest BCUT2D eigenvalue weighted by atomic mass is 10.1. The molecule has 0 aliphatic heterocycles. The SMILES string of the molecule is CCCOc1ccc(C(=O)O)c(OCC(C)(C)O)c1. The van der Waals surface area contributed by atoms with Crippen molar-refractivity contribution in [2.45, 2.75) is 32.8 Å². The molecule has 19 heavy (non-hydrogen) atoms. The third-order valence-corrected chi connectivity index (χ3v) is 2.24. The van der Waals surface area contributed by atoms with E-state index in [-0.39, 0.29) is 17.9 Å². The minimum absolute atomic E-state index is 0.00448. The van der Waals surface area contributed by atoms with Gasteiger partial charge in [-0.3, -0.25) is 0 Å². The summed E-state index contributed by atoms with van der Waals surface area (Å²) in [6, 6.07) is 4.56. The van der Waals surface area contributed by atoms with Crippen LogP contribution in [0.2, 0.25) is 0 Å². The van der Waals surface area contributed by atoms with Crippen LogP contribution in [0, 0.1) is 0 Å². The molecule has 0 radical (unpaired) electrons. The fourth-order valence-corrected chi connectivity index (χ4v) is 1.36. The smallest absolute Gasteiger partial charge is 0.339 e. The molecule has 0 heterocycles. The van der Waals surface area contributed by atoms with E-state index in [2.05, 4.69) is 0 Å². The van der Waals surface area contributed by atoms with Crippen molar-refractivity contribution in [2.24, 2.45) is 0 Å². The minimum Gasteiger partial charge on any atom is -0.493 e. The fourth-order valence-electron chi connectivity index (χ4n) is 1.36. The summed E-state index contributed by atoms with van der Waals surface area (Å²) in [5.74, 6) is -0.325. The zero-order valence-corrected chi connectivity index (χ0v) is 11.5. The standard InChI is InChI=1S/C14H20O5/c1-4-7-18-10-5-6-11(13(15)16)12(8-10)19-9-14(2,3)17/h5-6,8,17H,4,7,9H2,1-3H3,(H,15,16). The molecule has 0 bridgehead atoms. The van der Waals surface area contributed by atoms with Gasteiger partial charge >= 0.3 is 5.97 Å². The molecule has 0 saturated carbocycles.